The minimum Gasteiger partial charge on any atom is -0.489 e. The van der Waals surface area contributed by atoms with E-state index in [1.807, 2.05) is 0 Å². The zero-order valence-electron chi connectivity index (χ0n) is 8.27. The summed E-state index contributed by atoms with van der Waals surface area (Å²) >= 11 is 0. The van der Waals surface area contributed by atoms with Gasteiger partial charge in [-0.3, -0.25) is 4.79 Å². The molecule has 0 amide bonds. The molecule has 0 saturated heterocycles. The van der Waals surface area contributed by atoms with Crippen LogP contribution in [0, 0.1) is 0 Å². The van der Waals surface area contributed by atoms with Crippen LogP contribution in [0.2, 0.25) is 0 Å². The molecule has 0 atom stereocenters. The van der Waals surface area contributed by atoms with Gasteiger partial charge in [-0.15, -0.1) is 10.2 Å². The van der Waals surface area contributed by atoms with Crippen LogP contribution in [-0.4, -0.2) is 29.7 Å². The second-order valence-corrected chi connectivity index (χ2v) is 3.00. The highest BCUT2D eigenvalue weighted by Crippen LogP contribution is 2.14. The molecule has 5 nitrogen and oxygen atoms in total. The van der Waals surface area contributed by atoms with Crippen molar-refractivity contribution in [3.05, 3.63) is 29.7 Å². The summed E-state index contributed by atoms with van der Waals surface area (Å²) in [6.07, 6.45) is 2.53. The number of rotatable bonds is 3. The number of aromatic nitrogens is 2. The molecule has 0 spiro atoms. The van der Waals surface area contributed by atoms with Gasteiger partial charge in [-0.05, 0) is 12.1 Å². The van der Waals surface area contributed by atoms with E-state index in [1.54, 1.807) is 18.2 Å². The fraction of sp³-hybridized carbons (Fsp3) is 0.300. The summed E-state index contributed by atoms with van der Waals surface area (Å²) in [5.74, 6) is 0.505. The van der Waals surface area contributed by atoms with E-state index in [0.29, 0.717) is 18.2 Å². The van der Waals surface area contributed by atoms with Crippen molar-refractivity contribution in [1.29, 1.82) is 0 Å². The summed E-state index contributed by atoms with van der Waals surface area (Å²) in [5, 5.41) is 7.46. The maximum absolute atomic E-state index is 11.7. The van der Waals surface area contributed by atoms with Crippen molar-refractivity contribution in [3.63, 3.8) is 0 Å². The Kier molecular flexibility index (Phi) is 2.62. The molecule has 1 aromatic heterocycles. The number of ether oxygens (including phenoxy) is 2. The van der Waals surface area contributed by atoms with E-state index in [0.717, 1.165) is 6.42 Å². The largest absolute Gasteiger partial charge is 0.489 e. The van der Waals surface area contributed by atoms with Crippen LogP contribution in [0.4, 0.5) is 0 Å². The van der Waals surface area contributed by atoms with Crippen molar-refractivity contribution in [1.82, 2.24) is 10.2 Å². The Balaban J connectivity index is 2.18. The molecule has 15 heavy (non-hydrogen) atoms. The first-order valence-electron chi connectivity index (χ1n) is 4.56. The molecule has 0 radical (unpaired) electrons. The molecule has 0 fully saturated rings. The standard InChI is InChI=1S/C10H10N2O3/c1-14-9-5-4-7(11-12-9)10(13)8-3-2-6-15-8/h3-5H,2,6H2,1H3. The van der Waals surface area contributed by atoms with Crippen molar-refractivity contribution < 1.29 is 14.3 Å². The Morgan fingerprint density at radius 2 is 2.33 bits per heavy atom. The fourth-order valence-electron chi connectivity index (χ4n) is 1.25. The van der Waals surface area contributed by atoms with Gasteiger partial charge in [0.1, 0.15) is 5.69 Å². The molecular weight excluding hydrogens is 196 g/mol. The summed E-state index contributed by atoms with van der Waals surface area (Å²) in [6.45, 7) is 0.560. The Morgan fingerprint density at radius 1 is 1.47 bits per heavy atom. The van der Waals surface area contributed by atoms with Crippen LogP contribution in [-0.2, 0) is 4.74 Å². The quantitative estimate of drug-likeness (QED) is 0.689. The summed E-state index contributed by atoms with van der Waals surface area (Å²) in [5.41, 5.74) is 0.268. The molecule has 0 aromatic carbocycles. The van der Waals surface area contributed by atoms with Crippen LogP contribution in [0.1, 0.15) is 16.9 Å². The number of carbonyl (C=O) groups excluding carboxylic acids is 1. The van der Waals surface area contributed by atoms with Crippen molar-refractivity contribution >= 4 is 5.78 Å². The van der Waals surface area contributed by atoms with Gasteiger partial charge in [-0.1, -0.05) is 0 Å². The highest BCUT2D eigenvalue weighted by atomic mass is 16.5. The van der Waals surface area contributed by atoms with Gasteiger partial charge in [-0.2, -0.15) is 0 Å². The van der Waals surface area contributed by atoms with E-state index in [9.17, 15) is 4.79 Å². The number of allylic oxidation sites excluding steroid dienone is 1. The molecule has 5 heteroatoms. The topological polar surface area (TPSA) is 61.3 Å². The van der Waals surface area contributed by atoms with Gasteiger partial charge in [-0.25, -0.2) is 0 Å². The molecular formula is C10H10N2O3. The number of methoxy groups -OCH3 is 1. The zero-order valence-corrected chi connectivity index (χ0v) is 8.27. The third kappa shape index (κ3) is 1.96. The molecule has 0 unspecified atom stereocenters. The van der Waals surface area contributed by atoms with Crippen LogP contribution >= 0.6 is 0 Å². The van der Waals surface area contributed by atoms with Crippen LogP contribution in [0.25, 0.3) is 0 Å². The lowest BCUT2D eigenvalue weighted by molar-refractivity contribution is 0.0936. The van der Waals surface area contributed by atoms with Crippen molar-refractivity contribution in [2.45, 2.75) is 6.42 Å². The minimum absolute atomic E-state index is 0.234. The maximum Gasteiger partial charge on any atom is 0.247 e. The number of nitrogens with zero attached hydrogens (tertiary/aromatic N) is 2. The van der Waals surface area contributed by atoms with E-state index in [-0.39, 0.29) is 11.5 Å². The SMILES string of the molecule is COc1ccc(C(=O)C2=CCCO2)nn1. The molecule has 2 rings (SSSR count). The van der Waals surface area contributed by atoms with E-state index in [1.165, 1.54) is 7.11 Å². The van der Waals surface area contributed by atoms with E-state index < -0.39 is 0 Å². The van der Waals surface area contributed by atoms with Gasteiger partial charge in [0.05, 0.1) is 13.7 Å². The van der Waals surface area contributed by atoms with Crippen molar-refractivity contribution in [2.75, 3.05) is 13.7 Å². The Morgan fingerprint density at radius 3 is 2.87 bits per heavy atom. The third-order valence-corrected chi connectivity index (χ3v) is 2.01. The molecule has 1 aliphatic heterocycles. The van der Waals surface area contributed by atoms with E-state index >= 15 is 0 Å². The highest BCUT2D eigenvalue weighted by Gasteiger charge is 2.18. The average molecular weight is 206 g/mol. The second-order valence-electron chi connectivity index (χ2n) is 3.00. The molecule has 1 aromatic rings. The lowest BCUT2D eigenvalue weighted by Gasteiger charge is -2.02. The van der Waals surface area contributed by atoms with Gasteiger partial charge in [0.25, 0.3) is 0 Å². The lowest BCUT2D eigenvalue weighted by Crippen LogP contribution is -2.07. The predicted octanol–water partition coefficient (Wildman–Crippen LogP) is 0.972. The Labute approximate surface area is 86.7 Å². The van der Waals surface area contributed by atoms with Gasteiger partial charge in [0.15, 0.2) is 5.76 Å². The Hall–Kier alpha value is -1.91. The van der Waals surface area contributed by atoms with E-state index in [4.69, 9.17) is 9.47 Å². The third-order valence-electron chi connectivity index (χ3n) is 2.01. The van der Waals surface area contributed by atoms with Gasteiger partial charge >= 0.3 is 0 Å². The first-order valence-corrected chi connectivity index (χ1v) is 4.56. The molecule has 78 valence electrons. The van der Waals surface area contributed by atoms with Gasteiger partial charge in [0, 0.05) is 12.5 Å². The Bertz CT molecular complexity index is 398. The number of hydrogen-bond donors (Lipinski definition) is 0. The summed E-state index contributed by atoms with van der Waals surface area (Å²) in [4.78, 5) is 11.7. The molecule has 1 aliphatic rings. The first-order chi connectivity index (χ1) is 7.31. The first kappa shape index (κ1) is 9.64. The normalized spacial score (nSPS) is 14.3. The molecule has 0 aliphatic carbocycles. The smallest absolute Gasteiger partial charge is 0.247 e. The van der Waals surface area contributed by atoms with Crippen molar-refractivity contribution in [3.8, 4) is 5.88 Å². The van der Waals surface area contributed by atoms with Crippen molar-refractivity contribution in [2.24, 2.45) is 0 Å². The van der Waals surface area contributed by atoms with E-state index in [2.05, 4.69) is 10.2 Å². The monoisotopic (exact) mass is 206 g/mol. The minimum atomic E-state index is -0.234. The predicted molar refractivity (Wildman–Crippen MR) is 51.6 cm³/mol. The number of hydrogen-bond acceptors (Lipinski definition) is 5. The zero-order chi connectivity index (χ0) is 10.7. The number of carbonyl (C=O) groups is 1. The lowest BCUT2D eigenvalue weighted by atomic mass is 10.2. The van der Waals surface area contributed by atoms with Crippen LogP contribution in [0.15, 0.2) is 24.0 Å². The van der Waals surface area contributed by atoms with Crippen LogP contribution < -0.4 is 4.74 Å². The van der Waals surface area contributed by atoms with Crippen LogP contribution in [0.5, 0.6) is 5.88 Å². The number of ketones is 1. The molecule has 2 heterocycles. The molecule has 0 saturated carbocycles. The highest BCUT2D eigenvalue weighted by molar-refractivity contribution is 6.06. The summed E-state index contributed by atoms with van der Waals surface area (Å²) in [7, 11) is 1.49. The van der Waals surface area contributed by atoms with Gasteiger partial charge in [0.2, 0.25) is 11.7 Å². The average Bonchev–Trinajstić information content (AvgIpc) is 2.82. The maximum atomic E-state index is 11.7. The molecule has 0 N–H and O–H groups in total. The fourth-order valence-corrected chi connectivity index (χ4v) is 1.25. The summed E-state index contributed by atoms with van der Waals surface area (Å²) < 4.78 is 9.98. The van der Waals surface area contributed by atoms with Gasteiger partial charge < -0.3 is 9.47 Å². The molecule has 0 bridgehead atoms. The summed E-state index contributed by atoms with van der Waals surface area (Å²) in [6, 6.07) is 3.16. The van der Waals surface area contributed by atoms with Crippen LogP contribution in [0.3, 0.4) is 0 Å². The second kappa shape index (κ2) is 4.08. The number of Topliss-reactive ketones (excluding diaryl/α,β-unsaturated/α-hetero) is 1.